The quantitative estimate of drug-likeness (QED) is 0.523. The maximum absolute atomic E-state index is 11.7. The van der Waals surface area contributed by atoms with Gasteiger partial charge in [-0.2, -0.15) is 0 Å². The average molecular weight is 250 g/mol. The highest BCUT2D eigenvalue weighted by atomic mass is 16.5. The fourth-order valence-electron chi connectivity index (χ4n) is 1.66. The Hall–Kier alpha value is -1.35. The summed E-state index contributed by atoms with van der Waals surface area (Å²) in [6.07, 6.45) is 2.87. The van der Waals surface area contributed by atoms with Crippen molar-refractivity contribution in [2.75, 3.05) is 13.2 Å². The lowest BCUT2D eigenvalue weighted by Gasteiger charge is -2.13. The lowest BCUT2D eigenvalue weighted by Crippen LogP contribution is -2.15. The van der Waals surface area contributed by atoms with Crippen molar-refractivity contribution in [3.8, 4) is 0 Å². The topological polar surface area (TPSA) is 35.5 Å². The predicted octanol–water partition coefficient (Wildman–Crippen LogP) is 3.44. The second-order valence-electron chi connectivity index (χ2n) is 4.27. The highest BCUT2D eigenvalue weighted by Gasteiger charge is 2.10. The molecule has 0 aromatic heterocycles. The summed E-state index contributed by atoms with van der Waals surface area (Å²) in [6.45, 7) is 5.47. The van der Waals surface area contributed by atoms with Gasteiger partial charge in [-0.3, -0.25) is 0 Å². The standard InChI is InChI=1S/C15H22O3/c1-3-17-12-8-7-9-13(2)18-15(16)14-10-5-4-6-11-14/h4-6,10-11,13H,3,7-9,12H2,1-2H3/t13-/m0/s1. The molecule has 0 amide bonds. The Labute approximate surface area is 109 Å². The Bertz CT molecular complexity index is 335. The SMILES string of the molecule is CCOCCCC[C@H](C)OC(=O)c1ccccc1. The zero-order valence-corrected chi connectivity index (χ0v) is 11.2. The van der Waals surface area contributed by atoms with E-state index in [0.717, 1.165) is 32.5 Å². The summed E-state index contributed by atoms with van der Waals surface area (Å²) in [5.41, 5.74) is 0.610. The molecule has 0 aliphatic rings. The molecule has 0 fully saturated rings. The van der Waals surface area contributed by atoms with Crippen LogP contribution in [0.1, 0.15) is 43.5 Å². The van der Waals surface area contributed by atoms with Gasteiger partial charge in [0.15, 0.2) is 0 Å². The Morgan fingerprint density at radius 3 is 2.61 bits per heavy atom. The number of carbonyl (C=O) groups excluding carboxylic acids is 1. The van der Waals surface area contributed by atoms with Crippen molar-refractivity contribution in [2.24, 2.45) is 0 Å². The van der Waals surface area contributed by atoms with Crippen molar-refractivity contribution in [2.45, 2.75) is 39.2 Å². The van der Waals surface area contributed by atoms with E-state index >= 15 is 0 Å². The van der Waals surface area contributed by atoms with Crippen LogP contribution in [-0.4, -0.2) is 25.3 Å². The fourth-order valence-corrected chi connectivity index (χ4v) is 1.66. The molecule has 1 aromatic carbocycles. The fraction of sp³-hybridized carbons (Fsp3) is 0.533. The van der Waals surface area contributed by atoms with Crippen LogP contribution < -0.4 is 0 Å². The van der Waals surface area contributed by atoms with Crippen LogP contribution in [0.3, 0.4) is 0 Å². The van der Waals surface area contributed by atoms with Crippen LogP contribution in [0.2, 0.25) is 0 Å². The minimum Gasteiger partial charge on any atom is -0.459 e. The monoisotopic (exact) mass is 250 g/mol. The average Bonchev–Trinajstić information content (AvgIpc) is 2.39. The molecule has 0 saturated carbocycles. The zero-order chi connectivity index (χ0) is 13.2. The maximum Gasteiger partial charge on any atom is 0.338 e. The van der Waals surface area contributed by atoms with Gasteiger partial charge in [-0.05, 0) is 45.2 Å². The van der Waals surface area contributed by atoms with Gasteiger partial charge in [0.1, 0.15) is 0 Å². The van der Waals surface area contributed by atoms with E-state index in [1.165, 1.54) is 0 Å². The molecule has 0 aliphatic carbocycles. The van der Waals surface area contributed by atoms with Crippen LogP contribution >= 0.6 is 0 Å². The first kappa shape index (κ1) is 14.7. The van der Waals surface area contributed by atoms with Gasteiger partial charge in [-0.15, -0.1) is 0 Å². The largest absolute Gasteiger partial charge is 0.459 e. The van der Waals surface area contributed by atoms with Crippen LogP contribution in [0.5, 0.6) is 0 Å². The molecule has 100 valence electrons. The van der Waals surface area contributed by atoms with Crippen molar-refractivity contribution >= 4 is 5.97 Å². The summed E-state index contributed by atoms with van der Waals surface area (Å²) < 4.78 is 10.6. The van der Waals surface area contributed by atoms with Crippen LogP contribution in [0.15, 0.2) is 30.3 Å². The number of hydrogen-bond donors (Lipinski definition) is 0. The van der Waals surface area contributed by atoms with E-state index in [2.05, 4.69) is 0 Å². The summed E-state index contributed by atoms with van der Waals surface area (Å²) in [7, 11) is 0. The summed E-state index contributed by atoms with van der Waals surface area (Å²) in [4.78, 5) is 11.7. The van der Waals surface area contributed by atoms with E-state index in [0.29, 0.717) is 5.56 Å². The number of ether oxygens (including phenoxy) is 2. The van der Waals surface area contributed by atoms with E-state index in [4.69, 9.17) is 9.47 Å². The van der Waals surface area contributed by atoms with Crippen molar-refractivity contribution in [1.82, 2.24) is 0 Å². The number of benzene rings is 1. The molecule has 0 saturated heterocycles. The van der Waals surface area contributed by atoms with Gasteiger partial charge >= 0.3 is 5.97 Å². The molecule has 3 heteroatoms. The van der Waals surface area contributed by atoms with Crippen molar-refractivity contribution in [3.05, 3.63) is 35.9 Å². The summed E-state index contributed by atoms with van der Waals surface area (Å²) in [6, 6.07) is 9.09. The lowest BCUT2D eigenvalue weighted by molar-refractivity contribution is 0.0314. The van der Waals surface area contributed by atoms with E-state index in [9.17, 15) is 4.79 Å². The van der Waals surface area contributed by atoms with Crippen LogP contribution in [0, 0.1) is 0 Å². The highest BCUT2D eigenvalue weighted by Crippen LogP contribution is 2.09. The normalized spacial score (nSPS) is 12.1. The van der Waals surface area contributed by atoms with Crippen molar-refractivity contribution in [3.63, 3.8) is 0 Å². The first-order valence-electron chi connectivity index (χ1n) is 6.57. The third-order valence-corrected chi connectivity index (χ3v) is 2.67. The number of rotatable bonds is 8. The minimum absolute atomic E-state index is 0.0423. The molecule has 0 heterocycles. The van der Waals surface area contributed by atoms with Gasteiger partial charge < -0.3 is 9.47 Å². The second-order valence-corrected chi connectivity index (χ2v) is 4.27. The van der Waals surface area contributed by atoms with Gasteiger partial charge in [0, 0.05) is 13.2 Å². The molecule has 0 radical (unpaired) electrons. The molecule has 3 nitrogen and oxygen atoms in total. The van der Waals surface area contributed by atoms with Gasteiger partial charge in [0.05, 0.1) is 11.7 Å². The third-order valence-electron chi connectivity index (χ3n) is 2.67. The van der Waals surface area contributed by atoms with Crippen molar-refractivity contribution < 1.29 is 14.3 Å². The van der Waals surface area contributed by atoms with Crippen molar-refractivity contribution in [1.29, 1.82) is 0 Å². The summed E-state index contributed by atoms with van der Waals surface area (Å²) >= 11 is 0. The lowest BCUT2D eigenvalue weighted by atomic mass is 10.1. The van der Waals surface area contributed by atoms with E-state index < -0.39 is 0 Å². The van der Waals surface area contributed by atoms with Crippen LogP contribution in [-0.2, 0) is 9.47 Å². The minimum atomic E-state index is -0.243. The Morgan fingerprint density at radius 1 is 1.22 bits per heavy atom. The van der Waals surface area contributed by atoms with Gasteiger partial charge in [0.2, 0.25) is 0 Å². The van der Waals surface area contributed by atoms with E-state index in [1.54, 1.807) is 12.1 Å². The number of esters is 1. The molecule has 0 aliphatic heterocycles. The first-order chi connectivity index (χ1) is 8.74. The molecule has 18 heavy (non-hydrogen) atoms. The second kappa shape index (κ2) is 8.70. The van der Waals surface area contributed by atoms with Gasteiger partial charge in [-0.1, -0.05) is 18.2 Å². The number of carbonyl (C=O) groups is 1. The molecular weight excluding hydrogens is 228 g/mol. The number of unbranched alkanes of at least 4 members (excludes halogenated alkanes) is 1. The molecule has 1 rings (SSSR count). The smallest absolute Gasteiger partial charge is 0.338 e. The Kier molecular flexibility index (Phi) is 7.11. The summed E-state index contributed by atoms with van der Waals surface area (Å²) in [5.74, 6) is -0.243. The van der Waals surface area contributed by atoms with E-state index in [1.807, 2.05) is 32.0 Å². The molecule has 0 bridgehead atoms. The molecular formula is C15H22O3. The molecule has 1 aromatic rings. The van der Waals surface area contributed by atoms with Gasteiger partial charge in [-0.25, -0.2) is 4.79 Å². The molecule has 0 unspecified atom stereocenters. The first-order valence-corrected chi connectivity index (χ1v) is 6.57. The van der Waals surface area contributed by atoms with Crippen LogP contribution in [0.4, 0.5) is 0 Å². The number of hydrogen-bond acceptors (Lipinski definition) is 3. The third kappa shape index (κ3) is 5.82. The molecule has 0 N–H and O–H groups in total. The van der Waals surface area contributed by atoms with Crippen LogP contribution in [0.25, 0.3) is 0 Å². The zero-order valence-electron chi connectivity index (χ0n) is 11.2. The Balaban J connectivity index is 2.20. The highest BCUT2D eigenvalue weighted by molar-refractivity contribution is 5.89. The molecule has 1 atom stereocenters. The maximum atomic E-state index is 11.7. The van der Waals surface area contributed by atoms with E-state index in [-0.39, 0.29) is 12.1 Å². The predicted molar refractivity (Wildman–Crippen MR) is 71.7 cm³/mol. The summed E-state index contributed by atoms with van der Waals surface area (Å²) in [5, 5.41) is 0. The van der Waals surface area contributed by atoms with Gasteiger partial charge in [0.25, 0.3) is 0 Å². The molecule has 0 spiro atoms. The Morgan fingerprint density at radius 2 is 1.94 bits per heavy atom.